The Bertz CT molecular complexity index is 662. The molecule has 1 aromatic heterocycles. The van der Waals surface area contributed by atoms with Crippen molar-refractivity contribution in [3.63, 3.8) is 0 Å². The van der Waals surface area contributed by atoms with Gasteiger partial charge in [-0.25, -0.2) is 9.07 Å². The van der Waals surface area contributed by atoms with Crippen LogP contribution in [0, 0.1) is 12.7 Å². The SMILES string of the molecule is COCCC1(NCc2cn(-c3ccc(F)cc3)nc2C)CCNC1. The van der Waals surface area contributed by atoms with E-state index in [0.717, 1.165) is 56.0 Å². The molecule has 1 aliphatic heterocycles. The summed E-state index contributed by atoms with van der Waals surface area (Å²) < 4.78 is 20.1. The van der Waals surface area contributed by atoms with Crippen LogP contribution in [-0.4, -0.2) is 42.1 Å². The van der Waals surface area contributed by atoms with E-state index in [0.29, 0.717) is 0 Å². The molecular weight excluding hydrogens is 307 g/mol. The van der Waals surface area contributed by atoms with Crippen molar-refractivity contribution < 1.29 is 9.13 Å². The van der Waals surface area contributed by atoms with Gasteiger partial charge < -0.3 is 15.4 Å². The highest BCUT2D eigenvalue weighted by atomic mass is 19.1. The molecule has 24 heavy (non-hydrogen) atoms. The summed E-state index contributed by atoms with van der Waals surface area (Å²) in [4.78, 5) is 0. The summed E-state index contributed by atoms with van der Waals surface area (Å²) in [6.07, 6.45) is 4.10. The second-order valence-corrected chi connectivity index (χ2v) is 6.46. The number of hydrogen-bond donors (Lipinski definition) is 2. The van der Waals surface area contributed by atoms with E-state index < -0.39 is 0 Å². The Labute approximate surface area is 142 Å². The number of ether oxygens (including phenoxy) is 1. The maximum atomic E-state index is 13.1. The van der Waals surface area contributed by atoms with Crippen molar-refractivity contribution in [3.05, 3.63) is 47.5 Å². The number of nitrogens with one attached hydrogen (secondary N) is 2. The molecule has 0 aliphatic carbocycles. The average molecular weight is 332 g/mol. The predicted octanol–water partition coefficient (Wildman–Crippen LogP) is 2.18. The van der Waals surface area contributed by atoms with Gasteiger partial charge in [-0.3, -0.25) is 0 Å². The molecule has 3 rings (SSSR count). The van der Waals surface area contributed by atoms with Crippen molar-refractivity contribution in [2.24, 2.45) is 0 Å². The first-order valence-corrected chi connectivity index (χ1v) is 8.38. The van der Waals surface area contributed by atoms with E-state index in [1.807, 2.05) is 13.1 Å². The van der Waals surface area contributed by atoms with E-state index in [2.05, 4.69) is 15.7 Å². The van der Waals surface area contributed by atoms with Crippen molar-refractivity contribution in [2.75, 3.05) is 26.8 Å². The van der Waals surface area contributed by atoms with Gasteiger partial charge in [0.05, 0.1) is 11.4 Å². The maximum absolute atomic E-state index is 13.1. The molecule has 0 spiro atoms. The third-order valence-corrected chi connectivity index (χ3v) is 4.77. The molecule has 1 fully saturated rings. The van der Waals surface area contributed by atoms with Crippen LogP contribution in [0.3, 0.4) is 0 Å². The lowest BCUT2D eigenvalue weighted by molar-refractivity contribution is 0.158. The molecule has 0 radical (unpaired) electrons. The van der Waals surface area contributed by atoms with Crippen LogP contribution >= 0.6 is 0 Å². The number of aryl methyl sites for hydroxylation is 1. The largest absolute Gasteiger partial charge is 0.385 e. The molecule has 6 heteroatoms. The first kappa shape index (κ1) is 17.1. The summed E-state index contributed by atoms with van der Waals surface area (Å²) in [5, 5.41) is 11.7. The lowest BCUT2D eigenvalue weighted by Crippen LogP contribution is -2.47. The lowest BCUT2D eigenvalue weighted by Gasteiger charge is -2.29. The normalized spacial score (nSPS) is 20.6. The van der Waals surface area contributed by atoms with E-state index in [9.17, 15) is 4.39 Å². The van der Waals surface area contributed by atoms with Crippen LogP contribution in [0.5, 0.6) is 0 Å². The fraction of sp³-hybridized carbons (Fsp3) is 0.500. The zero-order chi connectivity index (χ0) is 17.0. The second-order valence-electron chi connectivity index (χ2n) is 6.46. The number of benzene rings is 1. The Morgan fingerprint density at radius 3 is 2.83 bits per heavy atom. The van der Waals surface area contributed by atoms with Gasteiger partial charge in [0, 0.05) is 44.1 Å². The van der Waals surface area contributed by atoms with Gasteiger partial charge >= 0.3 is 0 Å². The minimum atomic E-state index is -0.238. The van der Waals surface area contributed by atoms with Crippen molar-refractivity contribution >= 4 is 0 Å². The number of aromatic nitrogens is 2. The van der Waals surface area contributed by atoms with Crippen LogP contribution in [0.2, 0.25) is 0 Å². The number of nitrogens with zero attached hydrogens (tertiary/aromatic N) is 2. The fourth-order valence-corrected chi connectivity index (χ4v) is 3.17. The minimum absolute atomic E-state index is 0.0838. The molecule has 0 saturated carbocycles. The van der Waals surface area contributed by atoms with Gasteiger partial charge in [0.25, 0.3) is 0 Å². The van der Waals surface area contributed by atoms with E-state index in [1.54, 1.807) is 23.9 Å². The lowest BCUT2D eigenvalue weighted by atomic mass is 9.94. The molecule has 2 aromatic rings. The monoisotopic (exact) mass is 332 g/mol. The van der Waals surface area contributed by atoms with Gasteiger partial charge in [0.2, 0.25) is 0 Å². The topological polar surface area (TPSA) is 51.1 Å². The number of rotatable bonds is 7. The Kier molecular flexibility index (Phi) is 5.28. The molecule has 0 bridgehead atoms. The van der Waals surface area contributed by atoms with Crippen LogP contribution in [0.15, 0.2) is 30.5 Å². The quantitative estimate of drug-likeness (QED) is 0.816. The van der Waals surface area contributed by atoms with Crippen LogP contribution in [0.25, 0.3) is 5.69 Å². The summed E-state index contributed by atoms with van der Waals surface area (Å²) in [7, 11) is 1.74. The minimum Gasteiger partial charge on any atom is -0.385 e. The predicted molar refractivity (Wildman–Crippen MR) is 91.8 cm³/mol. The summed E-state index contributed by atoms with van der Waals surface area (Å²) in [5.74, 6) is -0.238. The Balaban J connectivity index is 1.70. The molecule has 1 atom stereocenters. The second kappa shape index (κ2) is 7.42. The maximum Gasteiger partial charge on any atom is 0.123 e. The van der Waals surface area contributed by atoms with Gasteiger partial charge in [-0.05, 0) is 50.6 Å². The number of hydrogen-bond acceptors (Lipinski definition) is 4. The summed E-state index contributed by atoms with van der Waals surface area (Å²) in [6.45, 7) is 5.51. The third-order valence-electron chi connectivity index (χ3n) is 4.77. The highest BCUT2D eigenvalue weighted by Gasteiger charge is 2.32. The molecule has 2 heterocycles. The number of methoxy groups -OCH3 is 1. The van der Waals surface area contributed by atoms with Gasteiger partial charge in [-0.2, -0.15) is 5.10 Å². The molecule has 1 unspecified atom stereocenters. The third kappa shape index (κ3) is 3.83. The Hall–Kier alpha value is -1.76. The first-order chi connectivity index (χ1) is 11.6. The number of halogens is 1. The van der Waals surface area contributed by atoms with E-state index in [1.165, 1.54) is 12.1 Å². The molecule has 2 N–H and O–H groups in total. The molecular formula is C18H25FN4O. The van der Waals surface area contributed by atoms with Gasteiger partial charge in [-0.1, -0.05) is 0 Å². The van der Waals surface area contributed by atoms with Gasteiger partial charge in [0.15, 0.2) is 0 Å². The van der Waals surface area contributed by atoms with E-state index in [-0.39, 0.29) is 11.4 Å². The van der Waals surface area contributed by atoms with Crippen LogP contribution in [0.1, 0.15) is 24.1 Å². The van der Waals surface area contributed by atoms with Crippen molar-refractivity contribution in [1.29, 1.82) is 0 Å². The molecule has 1 saturated heterocycles. The zero-order valence-corrected chi connectivity index (χ0v) is 14.3. The van der Waals surface area contributed by atoms with Gasteiger partial charge in [-0.15, -0.1) is 0 Å². The van der Waals surface area contributed by atoms with Crippen molar-refractivity contribution in [1.82, 2.24) is 20.4 Å². The smallest absolute Gasteiger partial charge is 0.123 e. The average Bonchev–Trinajstić information content (AvgIpc) is 3.19. The van der Waals surface area contributed by atoms with Crippen molar-refractivity contribution in [3.8, 4) is 5.69 Å². The zero-order valence-electron chi connectivity index (χ0n) is 14.3. The Morgan fingerprint density at radius 1 is 1.38 bits per heavy atom. The highest BCUT2D eigenvalue weighted by molar-refractivity contribution is 5.33. The molecule has 1 aromatic carbocycles. The van der Waals surface area contributed by atoms with Gasteiger partial charge in [0.1, 0.15) is 5.82 Å². The highest BCUT2D eigenvalue weighted by Crippen LogP contribution is 2.21. The first-order valence-electron chi connectivity index (χ1n) is 8.38. The van der Waals surface area contributed by atoms with E-state index >= 15 is 0 Å². The van der Waals surface area contributed by atoms with E-state index in [4.69, 9.17) is 4.74 Å². The van der Waals surface area contributed by atoms with Crippen LogP contribution < -0.4 is 10.6 Å². The Morgan fingerprint density at radius 2 is 2.17 bits per heavy atom. The standard InChI is InChI=1S/C18H25FN4O/c1-14-15(11-21-18(8-10-24-2)7-9-20-13-18)12-23(22-14)17-5-3-16(19)4-6-17/h3-6,12,20-21H,7-11,13H2,1-2H3. The van der Waals surface area contributed by atoms with Crippen LogP contribution in [-0.2, 0) is 11.3 Å². The summed E-state index contributed by atoms with van der Waals surface area (Å²) >= 11 is 0. The van der Waals surface area contributed by atoms with Crippen LogP contribution in [0.4, 0.5) is 4.39 Å². The molecule has 130 valence electrons. The molecule has 5 nitrogen and oxygen atoms in total. The summed E-state index contributed by atoms with van der Waals surface area (Å²) in [6, 6.07) is 6.38. The van der Waals surface area contributed by atoms with Crippen molar-refractivity contribution in [2.45, 2.75) is 31.8 Å². The fourth-order valence-electron chi connectivity index (χ4n) is 3.17. The summed E-state index contributed by atoms with van der Waals surface area (Å²) in [5.41, 5.74) is 3.09. The molecule has 1 aliphatic rings. The molecule has 0 amide bonds.